The Labute approximate surface area is 168 Å². The van der Waals surface area contributed by atoms with Crippen LogP contribution < -0.4 is 15.4 Å². The van der Waals surface area contributed by atoms with Crippen molar-refractivity contribution in [2.24, 2.45) is 5.14 Å². The number of aromatic nitrogens is 3. The lowest BCUT2D eigenvalue weighted by Crippen LogP contribution is -2.14. The number of primary sulfonamides is 1. The number of fused-ring (bicyclic) bond motifs is 1. The van der Waals surface area contributed by atoms with Crippen LogP contribution in [0.15, 0.2) is 65.8 Å². The zero-order valence-electron chi connectivity index (χ0n) is 15.9. The lowest BCUT2D eigenvalue weighted by atomic mass is 10.2. The van der Waals surface area contributed by atoms with Crippen LogP contribution in [0.1, 0.15) is 5.56 Å². The van der Waals surface area contributed by atoms with E-state index >= 15 is 0 Å². The molecule has 148 valence electrons. The van der Waals surface area contributed by atoms with Crippen LogP contribution in [0.5, 0.6) is 0 Å². The van der Waals surface area contributed by atoms with Gasteiger partial charge < -0.3 is 15.2 Å². The molecule has 0 atom stereocenters. The number of nitrogens with zero attached hydrogens (tertiary/aromatic N) is 3. The average molecular weight is 408 g/mol. The first-order valence-corrected chi connectivity index (χ1v) is 10.4. The van der Waals surface area contributed by atoms with Crippen LogP contribution in [0.2, 0.25) is 0 Å². The Morgan fingerprint density at radius 1 is 1.10 bits per heavy atom. The minimum atomic E-state index is -3.81. The van der Waals surface area contributed by atoms with Crippen molar-refractivity contribution in [3.63, 3.8) is 0 Å². The van der Waals surface area contributed by atoms with Crippen molar-refractivity contribution in [2.45, 2.75) is 11.8 Å². The standard InChI is InChI=1S/C20H20N6O2S/c1-13-3-4-15(12-18(13)29(21,27)28)24-20-23-10-8-19(25-20)26(2)16-5-6-17-14(11-16)7-9-22-17/h3-12,22H,1-2H3,(H2,21,27,28)(H,23,24,25). The highest BCUT2D eigenvalue weighted by molar-refractivity contribution is 7.89. The third kappa shape index (κ3) is 3.91. The Balaban J connectivity index is 1.62. The number of rotatable bonds is 5. The quantitative estimate of drug-likeness (QED) is 0.466. The monoisotopic (exact) mass is 408 g/mol. The third-order valence-corrected chi connectivity index (χ3v) is 5.71. The van der Waals surface area contributed by atoms with Crippen LogP contribution >= 0.6 is 0 Å². The molecule has 4 aromatic rings. The van der Waals surface area contributed by atoms with Crippen LogP contribution in [0.4, 0.5) is 23.1 Å². The molecule has 2 heterocycles. The van der Waals surface area contributed by atoms with Crippen LogP contribution in [-0.4, -0.2) is 30.4 Å². The van der Waals surface area contributed by atoms with Crippen molar-refractivity contribution in [3.8, 4) is 0 Å². The number of sulfonamides is 1. The number of hydrogen-bond acceptors (Lipinski definition) is 6. The molecule has 9 heteroatoms. The van der Waals surface area contributed by atoms with Gasteiger partial charge >= 0.3 is 0 Å². The number of aromatic amines is 1. The molecule has 8 nitrogen and oxygen atoms in total. The second-order valence-electron chi connectivity index (χ2n) is 6.70. The molecule has 4 rings (SSSR count). The summed E-state index contributed by atoms with van der Waals surface area (Å²) in [5, 5.41) is 9.43. The summed E-state index contributed by atoms with van der Waals surface area (Å²) in [5.41, 5.74) is 3.16. The van der Waals surface area contributed by atoms with Gasteiger partial charge in [0, 0.05) is 41.7 Å². The van der Waals surface area contributed by atoms with E-state index < -0.39 is 10.0 Å². The second-order valence-corrected chi connectivity index (χ2v) is 8.23. The fraction of sp³-hybridized carbons (Fsp3) is 0.100. The normalized spacial score (nSPS) is 11.6. The molecular formula is C20H20N6O2S. The predicted molar refractivity (Wildman–Crippen MR) is 114 cm³/mol. The van der Waals surface area contributed by atoms with Gasteiger partial charge in [0.1, 0.15) is 5.82 Å². The van der Waals surface area contributed by atoms with Gasteiger partial charge in [-0.3, -0.25) is 0 Å². The smallest absolute Gasteiger partial charge is 0.238 e. The Morgan fingerprint density at radius 2 is 1.93 bits per heavy atom. The van der Waals surface area contributed by atoms with E-state index in [0.717, 1.165) is 16.6 Å². The topological polar surface area (TPSA) is 117 Å². The highest BCUT2D eigenvalue weighted by atomic mass is 32.2. The molecule has 4 N–H and O–H groups in total. The van der Waals surface area contributed by atoms with Gasteiger partial charge in [-0.05, 0) is 55.0 Å². The first-order chi connectivity index (χ1) is 13.8. The first kappa shape index (κ1) is 18.9. The fourth-order valence-corrected chi connectivity index (χ4v) is 3.90. The SMILES string of the molecule is Cc1ccc(Nc2nccc(N(C)c3ccc4[nH]ccc4c3)n2)cc1S(N)(=O)=O. The Hall–Kier alpha value is -3.43. The second kappa shape index (κ2) is 7.19. The third-order valence-electron chi connectivity index (χ3n) is 4.66. The molecule has 2 aromatic carbocycles. The molecule has 0 aliphatic heterocycles. The zero-order valence-corrected chi connectivity index (χ0v) is 16.7. The summed E-state index contributed by atoms with van der Waals surface area (Å²) in [5.74, 6) is 1.04. The van der Waals surface area contributed by atoms with Crippen molar-refractivity contribution in [3.05, 3.63) is 66.5 Å². The van der Waals surface area contributed by atoms with Crippen LogP contribution in [0.3, 0.4) is 0 Å². The minimum absolute atomic E-state index is 0.0653. The summed E-state index contributed by atoms with van der Waals surface area (Å²) >= 11 is 0. The molecule has 0 radical (unpaired) electrons. The molecule has 0 bridgehead atoms. The summed E-state index contributed by atoms with van der Waals surface area (Å²) in [6, 6.07) is 14.8. The van der Waals surface area contributed by atoms with E-state index in [1.54, 1.807) is 31.3 Å². The molecule has 29 heavy (non-hydrogen) atoms. The van der Waals surface area contributed by atoms with E-state index in [-0.39, 0.29) is 4.90 Å². The van der Waals surface area contributed by atoms with Gasteiger partial charge in [0.15, 0.2) is 0 Å². The summed E-state index contributed by atoms with van der Waals surface area (Å²) in [6.45, 7) is 1.69. The lowest BCUT2D eigenvalue weighted by Gasteiger charge is -2.19. The maximum absolute atomic E-state index is 11.7. The van der Waals surface area contributed by atoms with Crippen molar-refractivity contribution >= 4 is 44.1 Å². The Bertz CT molecular complexity index is 1300. The van der Waals surface area contributed by atoms with Crippen molar-refractivity contribution in [1.82, 2.24) is 15.0 Å². The summed E-state index contributed by atoms with van der Waals surface area (Å²) in [6.07, 6.45) is 3.54. The molecule has 0 unspecified atom stereocenters. The van der Waals surface area contributed by atoms with Gasteiger partial charge in [0.2, 0.25) is 16.0 Å². The highest BCUT2D eigenvalue weighted by Crippen LogP contribution is 2.27. The van der Waals surface area contributed by atoms with Gasteiger partial charge in [0.05, 0.1) is 4.90 Å². The van der Waals surface area contributed by atoms with Crippen molar-refractivity contribution < 1.29 is 8.42 Å². The van der Waals surface area contributed by atoms with Crippen molar-refractivity contribution in [1.29, 1.82) is 0 Å². The minimum Gasteiger partial charge on any atom is -0.361 e. The molecule has 0 saturated carbocycles. The van der Waals surface area contributed by atoms with E-state index in [9.17, 15) is 8.42 Å². The van der Waals surface area contributed by atoms with Gasteiger partial charge in [0.25, 0.3) is 0 Å². The van der Waals surface area contributed by atoms with E-state index in [1.165, 1.54) is 6.07 Å². The Kier molecular flexibility index (Phi) is 4.69. The number of anilines is 4. The van der Waals surface area contributed by atoms with Gasteiger partial charge in [-0.15, -0.1) is 0 Å². The molecule has 2 aromatic heterocycles. The zero-order chi connectivity index (χ0) is 20.6. The fourth-order valence-electron chi connectivity index (χ4n) is 3.09. The van der Waals surface area contributed by atoms with Crippen LogP contribution in [0.25, 0.3) is 10.9 Å². The van der Waals surface area contributed by atoms with E-state index in [4.69, 9.17) is 5.14 Å². The van der Waals surface area contributed by atoms with Gasteiger partial charge in [-0.2, -0.15) is 4.98 Å². The van der Waals surface area contributed by atoms with E-state index in [2.05, 4.69) is 26.3 Å². The summed E-state index contributed by atoms with van der Waals surface area (Å²) < 4.78 is 23.5. The number of aryl methyl sites for hydroxylation is 1. The summed E-state index contributed by atoms with van der Waals surface area (Å²) in [4.78, 5) is 14.0. The van der Waals surface area contributed by atoms with E-state index in [1.807, 2.05) is 36.3 Å². The number of nitrogens with two attached hydrogens (primary N) is 1. The number of nitrogens with one attached hydrogen (secondary N) is 2. The molecule has 0 amide bonds. The van der Waals surface area contributed by atoms with Crippen LogP contribution in [-0.2, 0) is 10.0 Å². The molecule has 0 aliphatic rings. The van der Waals surface area contributed by atoms with Crippen molar-refractivity contribution in [2.75, 3.05) is 17.3 Å². The molecular weight excluding hydrogens is 388 g/mol. The maximum Gasteiger partial charge on any atom is 0.238 e. The lowest BCUT2D eigenvalue weighted by molar-refractivity contribution is 0.597. The average Bonchev–Trinajstić information content (AvgIpc) is 3.16. The van der Waals surface area contributed by atoms with E-state index in [0.29, 0.717) is 23.0 Å². The number of H-pyrrole nitrogens is 1. The molecule has 0 saturated heterocycles. The van der Waals surface area contributed by atoms with Gasteiger partial charge in [-0.25, -0.2) is 18.5 Å². The highest BCUT2D eigenvalue weighted by Gasteiger charge is 2.13. The molecule has 0 fully saturated rings. The van der Waals surface area contributed by atoms with Crippen LogP contribution in [0, 0.1) is 6.92 Å². The summed E-state index contributed by atoms with van der Waals surface area (Å²) in [7, 11) is -1.89. The first-order valence-electron chi connectivity index (χ1n) is 8.86. The Morgan fingerprint density at radius 3 is 2.72 bits per heavy atom. The number of benzene rings is 2. The molecule has 0 aliphatic carbocycles. The largest absolute Gasteiger partial charge is 0.361 e. The molecule has 0 spiro atoms. The predicted octanol–water partition coefficient (Wildman–Crippen LogP) is 3.43. The number of hydrogen-bond donors (Lipinski definition) is 3. The van der Waals surface area contributed by atoms with Gasteiger partial charge in [-0.1, -0.05) is 6.07 Å². The maximum atomic E-state index is 11.7.